The lowest BCUT2D eigenvalue weighted by Crippen LogP contribution is -2.00. The summed E-state index contributed by atoms with van der Waals surface area (Å²) in [5, 5.41) is 19.1. The lowest BCUT2D eigenvalue weighted by molar-refractivity contribution is 0.651. The Morgan fingerprint density at radius 1 is 1.00 bits per heavy atom. The number of nitriles is 1. The molecule has 5 rings (SSSR count). The number of anilines is 1. The lowest BCUT2D eigenvalue weighted by Gasteiger charge is -2.08. The number of rotatable bonds is 4. The number of nitrogen functional groups attached to an aromatic ring is 1. The fourth-order valence-electron chi connectivity index (χ4n) is 3.99. The quantitative estimate of drug-likeness (QED) is 0.474. The van der Waals surface area contributed by atoms with Gasteiger partial charge in [-0.3, -0.25) is 0 Å². The predicted octanol–water partition coefficient (Wildman–Crippen LogP) is 3.70. The molecule has 0 bridgehead atoms. The molecule has 0 aliphatic rings. The molecule has 0 fully saturated rings. The third kappa shape index (κ3) is 3.36. The van der Waals surface area contributed by atoms with Gasteiger partial charge in [0.1, 0.15) is 5.69 Å². The summed E-state index contributed by atoms with van der Waals surface area (Å²) in [5.74, 6) is 0.142. The summed E-state index contributed by atoms with van der Waals surface area (Å²) in [4.78, 5) is 8.73. The third-order valence-corrected chi connectivity index (χ3v) is 5.59. The maximum Gasteiger partial charge on any atom is 0.221 e. The molecule has 3 aromatic heterocycles. The fourth-order valence-corrected chi connectivity index (χ4v) is 3.99. The highest BCUT2D eigenvalue weighted by molar-refractivity contribution is 5.83. The Bertz CT molecular complexity index is 1500. The molecular weight excluding hydrogens is 400 g/mol. The van der Waals surface area contributed by atoms with Crippen LogP contribution in [-0.4, -0.2) is 29.5 Å². The zero-order valence-corrected chi connectivity index (χ0v) is 17.7. The van der Waals surface area contributed by atoms with Crippen LogP contribution in [0.25, 0.3) is 33.5 Å². The van der Waals surface area contributed by atoms with Crippen LogP contribution < -0.4 is 5.73 Å². The van der Waals surface area contributed by atoms with E-state index in [0.717, 1.165) is 16.7 Å². The van der Waals surface area contributed by atoms with Crippen molar-refractivity contribution >= 4 is 16.9 Å². The minimum atomic E-state index is 0.142. The molecule has 0 saturated carbocycles. The first kappa shape index (κ1) is 19.5. The molecule has 3 heterocycles. The minimum Gasteiger partial charge on any atom is -0.368 e. The van der Waals surface area contributed by atoms with Gasteiger partial charge >= 0.3 is 0 Å². The van der Waals surface area contributed by atoms with Crippen LogP contribution in [0.3, 0.4) is 0 Å². The number of hydrogen-bond acceptors (Lipinski definition) is 6. The number of para-hydroxylation sites is 1. The molecule has 0 amide bonds. The molecule has 0 aliphatic heterocycles. The van der Waals surface area contributed by atoms with Crippen LogP contribution in [0.5, 0.6) is 0 Å². The predicted molar refractivity (Wildman–Crippen MR) is 122 cm³/mol. The van der Waals surface area contributed by atoms with Crippen molar-refractivity contribution in [3.8, 4) is 28.7 Å². The topological polar surface area (TPSA) is 111 Å². The van der Waals surface area contributed by atoms with Gasteiger partial charge in [-0.2, -0.15) is 5.26 Å². The maximum atomic E-state index is 9.34. The number of benzene rings is 2. The second-order valence-electron chi connectivity index (χ2n) is 7.67. The van der Waals surface area contributed by atoms with Crippen molar-refractivity contribution < 1.29 is 0 Å². The molecule has 0 saturated heterocycles. The first-order valence-corrected chi connectivity index (χ1v) is 10.1. The van der Waals surface area contributed by atoms with Gasteiger partial charge < -0.3 is 10.3 Å². The van der Waals surface area contributed by atoms with Crippen LogP contribution in [0, 0.1) is 18.3 Å². The van der Waals surface area contributed by atoms with E-state index >= 15 is 0 Å². The Morgan fingerprint density at radius 3 is 2.66 bits per heavy atom. The molecule has 2 N–H and O–H groups in total. The van der Waals surface area contributed by atoms with Crippen molar-refractivity contribution in [3.63, 3.8) is 0 Å². The van der Waals surface area contributed by atoms with Gasteiger partial charge in [-0.25, -0.2) is 14.6 Å². The Labute approximate surface area is 184 Å². The van der Waals surface area contributed by atoms with Crippen LogP contribution in [-0.2, 0) is 13.6 Å². The molecule has 32 heavy (non-hydrogen) atoms. The normalized spacial score (nSPS) is 11.0. The summed E-state index contributed by atoms with van der Waals surface area (Å²) >= 11 is 0. The number of fused-ring (bicyclic) bond motifs is 1. The summed E-state index contributed by atoms with van der Waals surface area (Å²) in [5.41, 5.74) is 12.4. The first-order chi connectivity index (χ1) is 15.5. The summed E-state index contributed by atoms with van der Waals surface area (Å²) in [6.07, 6.45) is 3.96. The third-order valence-electron chi connectivity index (χ3n) is 5.59. The molecule has 0 spiro atoms. The zero-order valence-electron chi connectivity index (χ0n) is 17.7. The molecule has 8 heteroatoms. The Morgan fingerprint density at radius 2 is 1.81 bits per heavy atom. The average Bonchev–Trinajstić information content (AvgIpc) is 3.39. The first-order valence-electron chi connectivity index (χ1n) is 10.1. The van der Waals surface area contributed by atoms with E-state index in [0.29, 0.717) is 29.2 Å². The van der Waals surface area contributed by atoms with E-state index in [2.05, 4.69) is 49.2 Å². The lowest BCUT2D eigenvalue weighted by atomic mass is 10.00. The Balaban J connectivity index is 1.50. The fraction of sp³-hybridized carbons (Fsp3) is 0.125. The van der Waals surface area contributed by atoms with Crippen molar-refractivity contribution in [3.05, 3.63) is 77.6 Å². The number of aromatic nitrogens is 6. The van der Waals surface area contributed by atoms with Crippen LogP contribution in [0.4, 0.5) is 5.95 Å². The van der Waals surface area contributed by atoms with Gasteiger partial charge in [-0.15, -0.1) is 5.10 Å². The van der Waals surface area contributed by atoms with Gasteiger partial charge in [0, 0.05) is 29.7 Å². The second kappa shape index (κ2) is 7.63. The van der Waals surface area contributed by atoms with Gasteiger partial charge in [0.05, 0.1) is 35.8 Å². The van der Waals surface area contributed by atoms with Gasteiger partial charge in [0.2, 0.25) is 5.95 Å². The van der Waals surface area contributed by atoms with E-state index in [-0.39, 0.29) is 5.95 Å². The van der Waals surface area contributed by atoms with E-state index < -0.39 is 0 Å². The monoisotopic (exact) mass is 420 g/mol. The van der Waals surface area contributed by atoms with Crippen LogP contribution in [0.1, 0.15) is 16.7 Å². The molecule has 156 valence electrons. The smallest absolute Gasteiger partial charge is 0.221 e. The molecule has 0 atom stereocenters. The van der Waals surface area contributed by atoms with Crippen molar-refractivity contribution in [2.45, 2.75) is 13.5 Å². The highest BCUT2D eigenvalue weighted by Gasteiger charge is 2.14. The van der Waals surface area contributed by atoms with Gasteiger partial charge in [-0.1, -0.05) is 35.5 Å². The Hall–Kier alpha value is -4.51. The molecule has 0 unspecified atom stereocenters. The van der Waals surface area contributed by atoms with E-state index in [1.165, 1.54) is 10.9 Å². The molecule has 0 radical (unpaired) electrons. The second-order valence-corrected chi connectivity index (χ2v) is 7.67. The van der Waals surface area contributed by atoms with E-state index in [1.807, 2.05) is 50.5 Å². The summed E-state index contributed by atoms with van der Waals surface area (Å²) < 4.78 is 3.90. The number of hydrogen-bond donors (Lipinski definition) is 1. The largest absolute Gasteiger partial charge is 0.368 e. The number of aryl methyl sites for hydroxylation is 1. The van der Waals surface area contributed by atoms with E-state index in [9.17, 15) is 5.26 Å². The average molecular weight is 420 g/mol. The molecule has 2 aromatic carbocycles. The van der Waals surface area contributed by atoms with Gasteiger partial charge in [0.15, 0.2) is 0 Å². The van der Waals surface area contributed by atoms with Crippen LogP contribution in [0.15, 0.2) is 60.9 Å². The highest BCUT2D eigenvalue weighted by Crippen LogP contribution is 2.28. The van der Waals surface area contributed by atoms with Gasteiger partial charge in [-0.05, 0) is 36.2 Å². The van der Waals surface area contributed by atoms with Crippen molar-refractivity contribution in [2.24, 2.45) is 7.05 Å². The van der Waals surface area contributed by atoms with Crippen LogP contribution >= 0.6 is 0 Å². The highest BCUT2D eigenvalue weighted by atomic mass is 15.4. The van der Waals surface area contributed by atoms with Gasteiger partial charge in [0.25, 0.3) is 0 Å². The number of nitrogens with two attached hydrogens (primary N) is 1. The molecule has 5 aromatic rings. The molecule has 8 nitrogen and oxygen atoms in total. The van der Waals surface area contributed by atoms with E-state index in [1.54, 1.807) is 10.7 Å². The molecule has 0 aliphatic carbocycles. The van der Waals surface area contributed by atoms with Crippen molar-refractivity contribution in [1.82, 2.24) is 29.5 Å². The summed E-state index contributed by atoms with van der Waals surface area (Å²) in [6.45, 7) is 2.48. The van der Waals surface area contributed by atoms with E-state index in [4.69, 9.17) is 5.73 Å². The standard InChI is InChI=1S/C24H20N8/c1-15-16(11-25)6-5-8-18(15)20-10-21(28-24(26)27-20)22-14-32(30-29-22)13-17-12-31(2)23-9-4-3-7-19(17)23/h3-10,12,14H,13H2,1-2H3,(H2,26,27,28). The summed E-state index contributed by atoms with van der Waals surface area (Å²) in [6, 6.07) is 17.8. The minimum absolute atomic E-state index is 0.142. The van der Waals surface area contributed by atoms with Crippen molar-refractivity contribution in [2.75, 3.05) is 5.73 Å². The zero-order chi connectivity index (χ0) is 22.2. The SMILES string of the molecule is Cc1c(C#N)cccc1-c1cc(-c2cn(Cc3cn(C)c4ccccc34)nn2)nc(N)n1. The van der Waals surface area contributed by atoms with Crippen molar-refractivity contribution in [1.29, 1.82) is 5.26 Å². The molecular formula is C24H20N8. The summed E-state index contributed by atoms with van der Waals surface area (Å²) in [7, 11) is 2.03. The van der Waals surface area contributed by atoms with Crippen LogP contribution in [0.2, 0.25) is 0 Å². The maximum absolute atomic E-state index is 9.34. The number of nitrogens with zero attached hydrogens (tertiary/aromatic N) is 7. The Kier molecular flexibility index (Phi) is 4.64.